The van der Waals surface area contributed by atoms with Gasteiger partial charge in [0.05, 0.1) is 0 Å². The number of hydrogen-bond acceptors (Lipinski definition) is 1. The van der Waals surface area contributed by atoms with Crippen molar-refractivity contribution in [2.24, 2.45) is 11.3 Å². The smallest absolute Gasteiger partial charge is 0.223 e. The second-order valence-corrected chi connectivity index (χ2v) is 5.66. The van der Waals surface area contributed by atoms with Gasteiger partial charge in [0.15, 0.2) is 0 Å². The highest BCUT2D eigenvalue weighted by Gasteiger charge is 2.37. The minimum absolute atomic E-state index is 0.0805. The first-order valence-corrected chi connectivity index (χ1v) is 6.37. The number of hydrogen-bond donors (Lipinski definition) is 1. The van der Waals surface area contributed by atoms with Gasteiger partial charge in [-0.1, -0.05) is 26.7 Å². The van der Waals surface area contributed by atoms with Gasteiger partial charge in [-0.05, 0) is 25.2 Å². The van der Waals surface area contributed by atoms with Crippen LogP contribution in [0.3, 0.4) is 0 Å². The van der Waals surface area contributed by atoms with Crippen molar-refractivity contribution >= 4 is 17.5 Å². The van der Waals surface area contributed by atoms with Crippen LogP contribution in [-0.2, 0) is 4.79 Å². The molecule has 2 nitrogen and oxygen atoms in total. The van der Waals surface area contributed by atoms with Gasteiger partial charge in [0, 0.05) is 17.8 Å². The van der Waals surface area contributed by atoms with Crippen molar-refractivity contribution in [1.82, 2.24) is 5.32 Å². The Morgan fingerprint density at radius 2 is 2.20 bits per heavy atom. The Morgan fingerprint density at radius 1 is 1.53 bits per heavy atom. The maximum absolute atomic E-state index is 12.0. The molecule has 1 amide bonds. The predicted octanol–water partition coefficient (Wildman–Crippen LogP) is 2.95. The van der Waals surface area contributed by atoms with E-state index in [0.29, 0.717) is 5.88 Å². The summed E-state index contributed by atoms with van der Waals surface area (Å²) in [5, 5.41) is 2.98. The molecule has 0 spiro atoms. The maximum Gasteiger partial charge on any atom is 0.223 e. The van der Waals surface area contributed by atoms with Crippen molar-refractivity contribution in [2.45, 2.75) is 52.5 Å². The average molecular weight is 232 g/mol. The number of nitrogens with one attached hydrogen (secondary N) is 1. The van der Waals surface area contributed by atoms with Gasteiger partial charge in [0.25, 0.3) is 0 Å². The van der Waals surface area contributed by atoms with E-state index in [9.17, 15) is 4.79 Å². The monoisotopic (exact) mass is 231 g/mol. The molecule has 2 unspecified atom stereocenters. The third kappa shape index (κ3) is 3.37. The van der Waals surface area contributed by atoms with Crippen LogP contribution in [0.15, 0.2) is 0 Å². The van der Waals surface area contributed by atoms with Crippen LogP contribution in [-0.4, -0.2) is 17.8 Å². The second kappa shape index (κ2) is 5.20. The second-order valence-electron chi connectivity index (χ2n) is 5.35. The molecule has 0 radical (unpaired) electrons. The molecule has 1 rings (SSSR count). The lowest BCUT2D eigenvalue weighted by Crippen LogP contribution is -2.44. The molecule has 88 valence electrons. The van der Waals surface area contributed by atoms with Gasteiger partial charge in [-0.3, -0.25) is 4.79 Å². The fourth-order valence-electron chi connectivity index (χ4n) is 2.36. The summed E-state index contributed by atoms with van der Waals surface area (Å²) in [6.45, 7) is 6.34. The summed E-state index contributed by atoms with van der Waals surface area (Å²) < 4.78 is 0. The van der Waals surface area contributed by atoms with Gasteiger partial charge in [0.2, 0.25) is 5.91 Å². The van der Waals surface area contributed by atoms with Crippen LogP contribution in [0.25, 0.3) is 0 Å². The van der Waals surface area contributed by atoms with E-state index in [-0.39, 0.29) is 23.3 Å². The van der Waals surface area contributed by atoms with Crippen LogP contribution < -0.4 is 5.32 Å². The van der Waals surface area contributed by atoms with Crippen LogP contribution in [0.5, 0.6) is 0 Å². The number of halogens is 1. The molecule has 1 N–H and O–H groups in total. The normalized spacial score (nSPS) is 27.1. The van der Waals surface area contributed by atoms with E-state index in [2.05, 4.69) is 19.2 Å². The SMILES string of the molecule is CC(CCl)NC(=O)C1CCCCC1(C)C. The molecule has 1 saturated carbocycles. The van der Waals surface area contributed by atoms with Crippen LogP contribution in [0, 0.1) is 11.3 Å². The first-order valence-electron chi connectivity index (χ1n) is 5.83. The van der Waals surface area contributed by atoms with Gasteiger partial charge in [-0.2, -0.15) is 0 Å². The predicted molar refractivity (Wildman–Crippen MR) is 64.1 cm³/mol. The fraction of sp³-hybridized carbons (Fsp3) is 0.917. The van der Waals surface area contributed by atoms with E-state index in [1.165, 1.54) is 12.8 Å². The highest BCUT2D eigenvalue weighted by Crippen LogP contribution is 2.40. The molecule has 0 bridgehead atoms. The molecule has 0 aromatic carbocycles. The van der Waals surface area contributed by atoms with Crippen molar-refractivity contribution in [2.75, 3.05) is 5.88 Å². The number of carbonyl (C=O) groups is 1. The number of rotatable bonds is 3. The first-order chi connectivity index (χ1) is 6.97. The third-order valence-electron chi connectivity index (χ3n) is 3.44. The molecule has 0 aromatic rings. The molecule has 2 atom stereocenters. The zero-order valence-corrected chi connectivity index (χ0v) is 10.7. The molecule has 3 heteroatoms. The molecular formula is C12H22ClNO. The van der Waals surface area contributed by atoms with Crippen molar-refractivity contribution < 1.29 is 4.79 Å². The Kier molecular flexibility index (Phi) is 4.45. The van der Waals surface area contributed by atoms with Crippen LogP contribution in [0.4, 0.5) is 0 Å². The number of carbonyl (C=O) groups excluding carboxylic acids is 1. The Labute approximate surface area is 97.8 Å². The zero-order valence-electron chi connectivity index (χ0n) is 9.98. The first kappa shape index (κ1) is 12.8. The molecule has 0 heterocycles. The van der Waals surface area contributed by atoms with Crippen molar-refractivity contribution in [3.63, 3.8) is 0 Å². The van der Waals surface area contributed by atoms with E-state index in [4.69, 9.17) is 11.6 Å². The molecule has 1 aliphatic rings. The summed E-state index contributed by atoms with van der Waals surface area (Å²) in [4.78, 5) is 12.0. The van der Waals surface area contributed by atoms with Crippen LogP contribution in [0.2, 0.25) is 0 Å². The van der Waals surface area contributed by atoms with E-state index in [1.54, 1.807) is 0 Å². The molecule has 0 aliphatic heterocycles. The lowest BCUT2D eigenvalue weighted by Gasteiger charge is -2.37. The average Bonchev–Trinajstić information content (AvgIpc) is 2.16. The van der Waals surface area contributed by atoms with E-state index in [1.807, 2.05) is 6.92 Å². The topological polar surface area (TPSA) is 29.1 Å². The summed E-state index contributed by atoms with van der Waals surface area (Å²) in [5.41, 5.74) is 0.147. The summed E-state index contributed by atoms with van der Waals surface area (Å²) in [6.07, 6.45) is 4.60. The molecule has 15 heavy (non-hydrogen) atoms. The minimum Gasteiger partial charge on any atom is -0.352 e. The number of alkyl halides is 1. The Hall–Kier alpha value is -0.240. The highest BCUT2D eigenvalue weighted by molar-refractivity contribution is 6.18. The summed E-state index contributed by atoms with van der Waals surface area (Å²) >= 11 is 5.69. The molecule has 1 fully saturated rings. The van der Waals surface area contributed by atoms with Crippen LogP contribution >= 0.6 is 11.6 Å². The van der Waals surface area contributed by atoms with E-state index >= 15 is 0 Å². The minimum atomic E-state index is 0.0805. The Morgan fingerprint density at radius 3 is 2.73 bits per heavy atom. The lowest BCUT2D eigenvalue weighted by molar-refractivity contribution is -0.130. The van der Waals surface area contributed by atoms with Crippen LogP contribution in [0.1, 0.15) is 46.5 Å². The highest BCUT2D eigenvalue weighted by atomic mass is 35.5. The Balaban J connectivity index is 2.57. The van der Waals surface area contributed by atoms with Gasteiger partial charge < -0.3 is 5.32 Å². The Bertz CT molecular complexity index is 228. The van der Waals surface area contributed by atoms with Gasteiger partial charge in [-0.15, -0.1) is 11.6 Å². The van der Waals surface area contributed by atoms with E-state index in [0.717, 1.165) is 12.8 Å². The summed E-state index contributed by atoms with van der Waals surface area (Å²) in [7, 11) is 0. The molecule has 1 aliphatic carbocycles. The zero-order chi connectivity index (χ0) is 11.5. The molecular weight excluding hydrogens is 210 g/mol. The summed E-state index contributed by atoms with van der Waals surface area (Å²) in [5.74, 6) is 0.837. The van der Waals surface area contributed by atoms with Gasteiger partial charge >= 0.3 is 0 Å². The van der Waals surface area contributed by atoms with Crippen molar-refractivity contribution in [3.05, 3.63) is 0 Å². The standard InChI is InChI=1S/C12H22ClNO/c1-9(8-13)14-11(15)10-6-4-5-7-12(10,2)3/h9-10H,4-8H2,1-3H3,(H,14,15). The lowest BCUT2D eigenvalue weighted by atomic mass is 9.68. The van der Waals surface area contributed by atoms with Gasteiger partial charge in [-0.25, -0.2) is 0 Å². The van der Waals surface area contributed by atoms with Gasteiger partial charge in [0.1, 0.15) is 0 Å². The molecule has 0 aromatic heterocycles. The third-order valence-corrected chi connectivity index (χ3v) is 3.91. The summed E-state index contributed by atoms with van der Waals surface area (Å²) in [6, 6.07) is 0.0805. The van der Waals surface area contributed by atoms with Crippen molar-refractivity contribution in [3.8, 4) is 0 Å². The largest absolute Gasteiger partial charge is 0.352 e. The molecule has 0 saturated heterocycles. The maximum atomic E-state index is 12.0. The fourth-order valence-corrected chi connectivity index (χ4v) is 2.44. The van der Waals surface area contributed by atoms with E-state index < -0.39 is 0 Å². The van der Waals surface area contributed by atoms with Crippen molar-refractivity contribution in [1.29, 1.82) is 0 Å². The quantitative estimate of drug-likeness (QED) is 0.744. The number of amides is 1.